The van der Waals surface area contributed by atoms with Crippen LogP contribution < -0.4 is 9.62 Å². The maximum atomic E-state index is 12.9. The summed E-state index contributed by atoms with van der Waals surface area (Å²) in [4.78, 5) is 12.2. The number of sulfonamides is 1. The molecule has 0 unspecified atom stereocenters. The van der Waals surface area contributed by atoms with E-state index in [1.165, 1.54) is 12.1 Å². The third-order valence-corrected chi connectivity index (χ3v) is 5.11. The van der Waals surface area contributed by atoms with Crippen LogP contribution in [0.1, 0.15) is 18.1 Å². The molecule has 0 aliphatic heterocycles. The molecule has 2 aromatic carbocycles. The molecule has 140 valence electrons. The van der Waals surface area contributed by atoms with E-state index in [2.05, 4.69) is 5.32 Å². The molecule has 1 N–H and O–H groups in total. The van der Waals surface area contributed by atoms with Gasteiger partial charge in [0.2, 0.25) is 15.9 Å². The molecule has 2 rings (SSSR count). The SMILES string of the molecule is CCc1ccc(N(CC(=O)NCCc2ccc(F)cc2)S(C)(=O)=O)cc1. The average Bonchev–Trinajstić information content (AvgIpc) is 2.60. The summed E-state index contributed by atoms with van der Waals surface area (Å²) in [7, 11) is -3.58. The van der Waals surface area contributed by atoms with E-state index in [4.69, 9.17) is 0 Å². The summed E-state index contributed by atoms with van der Waals surface area (Å²) in [5.41, 5.74) is 2.44. The van der Waals surface area contributed by atoms with Crippen molar-refractivity contribution in [1.29, 1.82) is 0 Å². The number of carbonyl (C=O) groups excluding carboxylic acids is 1. The monoisotopic (exact) mass is 378 g/mol. The largest absolute Gasteiger partial charge is 0.354 e. The van der Waals surface area contributed by atoms with Gasteiger partial charge in [0.1, 0.15) is 12.4 Å². The van der Waals surface area contributed by atoms with Gasteiger partial charge >= 0.3 is 0 Å². The first-order chi connectivity index (χ1) is 12.3. The van der Waals surface area contributed by atoms with Crippen molar-refractivity contribution < 1.29 is 17.6 Å². The molecule has 0 fully saturated rings. The van der Waals surface area contributed by atoms with Gasteiger partial charge in [-0.25, -0.2) is 12.8 Å². The highest BCUT2D eigenvalue weighted by Crippen LogP contribution is 2.18. The van der Waals surface area contributed by atoms with Gasteiger partial charge in [-0.05, 0) is 48.2 Å². The molecule has 1 amide bonds. The smallest absolute Gasteiger partial charge is 0.240 e. The van der Waals surface area contributed by atoms with E-state index in [1.54, 1.807) is 24.3 Å². The van der Waals surface area contributed by atoms with E-state index in [0.717, 1.165) is 28.1 Å². The Balaban J connectivity index is 1.96. The molecule has 0 aromatic heterocycles. The Morgan fingerprint density at radius 2 is 1.62 bits per heavy atom. The molecule has 0 radical (unpaired) electrons. The highest BCUT2D eigenvalue weighted by molar-refractivity contribution is 7.92. The number of nitrogens with zero attached hydrogens (tertiary/aromatic N) is 1. The van der Waals surface area contributed by atoms with Gasteiger partial charge in [0.25, 0.3) is 0 Å². The van der Waals surface area contributed by atoms with E-state index in [-0.39, 0.29) is 12.4 Å². The molecule has 0 spiro atoms. The molecule has 2 aromatic rings. The normalized spacial score (nSPS) is 11.2. The first kappa shape index (κ1) is 19.9. The molecular formula is C19H23FN2O3S. The van der Waals surface area contributed by atoms with Crippen molar-refractivity contribution in [2.75, 3.05) is 23.7 Å². The summed E-state index contributed by atoms with van der Waals surface area (Å²) in [5.74, 6) is -0.701. The van der Waals surface area contributed by atoms with Crippen molar-refractivity contribution in [1.82, 2.24) is 5.32 Å². The van der Waals surface area contributed by atoms with Gasteiger partial charge in [-0.15, -0.1) is 0 Å². The lowest BCUT2D eigenvalue weighted by Gasteiger charge is -2.22. The summed E-state index contributed by atoms with van der Waals surface area (Å²) in [6, 6.07) is 13.1. The Kier molecular flexibility index (Phi) is 6.74. The maximum Gasteiger partial charge on any atom is 0.240 e. The number of nitrogens with one attached hydrogen (secondary N) is 1. The molecule has 0 heterocycles. The number of hydrogen-bond donors (Lipinski definition) is 1. The van der Waals surface area contributed by atoms with Gasteiger partial charge in [0, 0.05) is 6.54 Å². The topological polar surface area (TPSA) is 66.5 Å². The molecule has 0 aliphatic carbocycles. The third kappa shape index (κ3) is 5.84. The van der Waals surface area contributed by atoms with Gasteiger partial charge < -0.3 is 5.32 Å². The molecule has 0 saturated heterocycles. The second-order valence-electron chi connectivity index (χ2n) is 6.02. The fraction of sp³-hybridized carbons (Fsp3) is 0.316. The quantitative estimate of drug-likeness (QED) is 0.768. The number of hydrogen-bond acceptors (Lipinski definition) is 3. The second kappa shape index (κ2) is 8.80. The standard InChI is InChI=1S/C19H23FN2O3S/c1-3-15-6-10-18(11-7-15)22(26(2,24)25)14-19(23)21-13-12-16-4-8-17(20)9-5-16/h4-11H,3,12-14H2,1-2H3,(H,21,23). The molecule has 7 heteroatoms. The van der Waals surface area contributed by atoms with Crippen LogP contribution in [0.4, 0.5) is 10.1 Å². The first-order valence-electron chi connectivity index (χ1n) is 8.37. The molecule has 0 saturated carbocycles. The third-order valence-electron chi connectivity index (χ3n) is 3.97. The highest BCUT2D eigenvalue weighted by atomic mass is 32.2. The Hall–Kier alpha value is -2.41. The van der Waals surface area contributed by atoms with Crippen molar-refractivity contribution in [3.8, 4) is 0 Å². The van der Waals surface area contributed by atoms with Crippen LogP contribution in [0.5, 0.6) is 0 Å². The lowest BCUT2D eigenvalue weighted by molar-refractivity contribution is -0.119. The number of carbonyl (C=O) groups is 1. The van der Waals surface area contributed by atoms with Crippen LogP contribution in [-0.2, 0) is 27.7 Å². The van der Waals surface area contributed by atoms with Crippen molar-refractivity contribution in [3.05, 3.63) is 65.5 Å². The molecule has 0 bridgehead atoms. The number of benzene rings is 2. The first-order valence-corrected chi connectivity index (χ1v) is 10.2. The minimum Gasteiger partial charge on any atom is -0.354 e. The minimum absolute atomic E-state index is 0.284. The minimum atomic E-state index is -3.58. The summed E-state index contributed by atoms with van der Waals surface area (Å²) >= 11 is 0. The van der Waals surface area contributed by atoms with Gasteiger partial charge in [0.05, 0.1) is 11.9 Å². The fourth-order valence-electron chi connectivity index (χ4n) is 2.48. The average molecular weight is 378 g/mol. The summed E-state index contributed by atoms with van der Waals surface area (Å²) in [5, 5.41) is 2.70. The summed E-state index contributed by atoms with van der Waals surface area (Å²) in [6.45, 7) is 2.07. The number of anilines is 1. The second-order valence-corrected chi connectivity index (χ2v) is 7.92. The Morgan fingerprint density at radius 1 is 1.04 bits per heavy atom. The zero-order valence-electron chi connectivity index (χ0n) is 14.9. The van der Waals surface area contributed by atoms with E-state index in [0.29, 0.717) is 18.7 Å². The van der Waals surface area contributed by atoms with Crippen LogP contribution in [0.2, 0.25) is 0 Å². The molecule has 0 aliphatic rings. The van der Waals surface area contributed by atoms with Gasteiger partial charge in [0.15, 0.2) is 0 Å². The van der Waals surface area contributed by atoms with Crippen LogP contribution in [-0.4, -0.2) is 33.7 Å². The van der Waals surface area contributed by atoms with Crippen molar-refractivity contribution in [3.63, 3.8) is 0 Å². The lowest BCUT2D eigenvalue weighted by atomic mass is 10.1. The number of aryl methyl sites for hydroxylation is 1. The number of amides is 1. The Bertz CT molecular complexity index is 834. The zero-order valence-corrected chi connectivity index (χ0v) is 15.7. The van der Waals surface area contributed by atoms with Crippen molar-refractivity contribution in [2.45, 2.75) is 19.8 Å². The number of halogens is 1. The molecular weight excluding hydrogens is 355 g/mol. The van der Waals surface area contributed by atoms with Crippen LogP contribution in [0.3, 0.4) is 0 Å². The fourth-order valence-corrected chi connectivity index (χ4v) is 3.34. The van der Waals surface area contributed by atoms with Crippen LogP contribution in [0.15, 0.2) is 48.5 Å². The molecule has 26 heavy (non-hydrogen) atoms. The van der Waals surface area contributed by atoms with Crippen molar-refractivity contribution in [2.24, 2.45) is 0 Å². The summed E-state index contributed by atoms with van der Waals surface area (Å²) in [6.07, 6.45) is 2.46. The van der Waals surface area contributed by atoms with Crippen molar-refractivity contribution >= 4 is 21.6 Å². The predicted molar refractivity (Wildman–Crippen MR) is 101 cm³/mol. The Labute approximate surface area is 153 Å². The zero-order chi connectivity index (χ0) is 19.2. The predicted octanol–water partition coefficient (Wildman–Crippen LogP) is 2.51. The van der Waals surface area contributed by atoms with Crippen LogP contribution >= 0.6 is 0 Å². The van der Waals surface area contributed by atoms with Gasteiger partial charge in [-0.3, -0.25) is 9.10 Å². The lowest BCUT2D eigenvalue weighted by Crippen LogP contribution is -2.40. The van der Waals surface area contributed by atoms with Crippen LogP contribution in [0.25, 0.3) is 0 Å². The maximum absolute atomic E-state index is 12.9. The van der Waals surface area contributed by atoms with Crippen LogP contribution in [0, 0.1) is 5.82 Å². The van der Waals surface area contributed by atoms with E-state index >= 15 is 0 Å². The van der Waals surface area contributed by atoms with E-state index in [1.807, 2.05) is 19.1 Å². The summed E-state index contributed by atoms with van der Waals surface area (Å²) < 4.78 is 38.1. The highest BCUT2D eigenvalue weighted by Gasteiger charge is 2.20. The van der Waals surface area contributed by atoms with E-state index < -0.39 is 15.9 Å². The molecule has 5 nitrogen and oxygen atoms in total. The van der Waals surface area contributed by atoms with Gasteiger partial charge in [-0.1, -0.05) is 31.2 Å². The van der Waals surface area contributed by atoms with E-state index in [9.17, 15) is 17.6 Å². The molecule has 0 atom stereocenters. The Morgan fingerprint density at radius 3 is 2.15 bits per heavy atom. The number of rotatable bonds is 8. The van der Waals surface area contributed by atoms with Gasteiger partial charge in [-0.2, -0.15) is 0 Å².